The molecule has 0 unspecified atom stereocenters. The van der Waals surface area contributed by atoms with Gasteiger partial charge in [-0.25, -0.2) is 8.42 Å². The van der Waals surface area contributed by atoms with Crippen molar-refractivity contribution in [2.24, 2.45) is 0 Å². The molecular weight excluding hydrogens is 494 g/mol. The van der Waals surface area contributed by atoms with Gasteiger partial charge in [0.15, 0.2) is 0 Å². The van der Waals surface area contributed by atoms with E-state index < -0.39 is 10.0 Å². The Morgan fingerprint density at radius 1 is 0.972 bits per heavy atom. The highest BCUT2D eigenvalue weighted by Gasteiger charge is 2.25. The van der Waals surface area contributed by atoms with Crippen molar-refractivity contribution in [1.29, 1.82) is 0 Å². The predicted octanol–water partition coefficient (Wildman–Crippen LogP) is 5.75. The van der Waals surface area contributed by atoms with Gasteiger partial charge in [0.05, 0.1) is 4.90 Å². The summed E-state index contributed by atoms with van der Waals surface area (Å²) in [6, 6.07) is 19.9. The minimum Gasteiger partial charge on any atom is -0.368 e. The van der Waals surface area contributed by atoms with Crippen LogP contribution in [0.2, 0.25) is 5.02 Å². The van der Waals surface area contributed by atoms with Gasteiger partial charge in [0.1, 0.15) is 0 Å². The van der Waals surface area contributed by atoms with Crippen LogP contribution in [0, 0.1) is 6.92 Å². The molecule has 1 fully saturated rings. The molecule has 1 aliphatic rings. The average molecular weight is 526 g/mol. The molecule has 1 saturated heterocycles. The van der Waals surface area contributed by atoms with Gasteiger partial charge in [0.25, 0.3) is 15.9 Å². The van der Waals surface area contributed by atoms with Gasteiger partial charge < -0.3 is 9.80 Å². The standard InChI is InChI=1S/C28H32ClN3O3S/c1-3-4-6-22-10-12-24(13-11-22)30-36(34,35)26-14-9-21(2)27(20-26)28(33)32-17-15-31(16-18-32)25-8-5-7-23(29)19-25/h5,7-14,19-20,30H,3-4,6,15-18H2,1-2H3. The SMILES string of the molecule is CCCCc1ccc(NS(=O)(=O)c2ccc(C)c(C(=O)N3CCN(c4cccc(Cl)c4)CC3)c2)cc1. The summed E-state index contributed by atoms with van der Waals surface area (Å²) in [5.41, 5.74) is 3.86. The van der Waals surface area contributed by atoms with E-state index >= 15 is 0 Å². The second-order valence-electron chi connectivity index (χ2n) is 9.14. The lowest BCUT2D eigenvalue weighted by atomic mass is 10.1. The van der Waals surface area contributed by atoms with E-state index in [2.05, 4.69) is 16.5 Å². The number of carbonyl (C=O) groups excluding carboxylic acids is 1. The lowest BCUT2D eigenvalue weighted by Gasteiger charge is -2.36. The fraction of sp³-hybridized carbons (Fsp3) is 0.321. The van der Waals surface area contributed by atoms with Crippen LogP contribution in [0.3, 0.4) is 0 Å². The van der Waals surface area contributed by atoms with Crippen molar-refractivity contribution < 1.29 is 13.2 Å². The molecule has 0 aromatic heterocycles. The lowest BCUT2D eigenvalue weighted by Crippen LogP contribution is -2.49. The molecule has 1 aliphatic heterocycles. The van der Waals surface area contributed by atoms with E-state index in [0.29, 0.717) is 42.5 Å². The summed E-state index contributed by atoms with van der Waals surface area (Å²) in [6.07, 6.45) is 3.18. The molecule has 0 atom stereocenters. The molecule has 36 heavy (non-hydrogen) atoms. The highest BCUT2D eigenvalue weighted by atomic mass is 35.5. The van der Waals surface area contributed by atoms with Crippen molar-refractivity contribution in [1.82, 2.24) is 4.90 Å². The average Bonchev–Trinajstić information content (AvgIpc) is 2.88. The molecule has 1 amide bonds. The van der Waals surface area contributed by atoms with Crippen molar-refractivity contribution in [2.45, 2.75) is 38.0 Å². The van der Waals surface area contributed by atoms with E-state index in [4.69, 9.17) is 11.6 Å². The van der Waals surface area contributed by atoms with Crippen LogP contribution in [0.5, 0.6) is 0 Å². The number of anilines is 2. The number of nitrogens with zero attached hydrogens (tertiary/aromatic N) is 2. The minimum absolute atomic E-state index is 0.0732. The zero-order valence-electron chi connectivity index (χ0n) is 20.7. The smallest absolute Gasteiger partial charge is 0.261 e. The summed E-state index contributed by atoms with van der Waals surface area (Å²) < 4.78 is 28.8. The van der Waals surface area contributed by atoms with Crippen LogP contribution in [0.25, 0.3) is 0 Å². The van der Waals surface area contributed by atoms with Crippen LogP contribution in [0.4, 0.5) is 11.4 Å². The third kappa shape index (κ3) is 6.20. The molecule has 1 N–H and O–H groups in total. The second-order valence-corrected chi connectivity index (χ2v) is 11.3. The van der Waals surface area contributed by atoms with Crippen LogP contribution in [-0.4, -0.2) is 45.4 Å². The third-order valence-electron chi connectivity index (χ3n) is 6.52. The molecule has 1 heterocycles. The summed E-state index contributed by atoms with van der Waals surface area (Å²) in [4.78, 5) is 17.4. The van der Waals surface area contributed by atoms with E-state index in [9.17, 15) is 13.2 Å². The molecule has 6 nitrogen and oxygen atoms in total. The van der Waals surface area contributed by atoms with Gasteiger partial charge in [-0.3, -0.25) is 9.52 Å². The maximum Gasteiger partial charge on any atom is 0.261 e. The van der Waals surface area contributed by atoms with Crippen molar-refractivity contribution in [3.05, 3.63) is 88.4 Å². The Balaban J connectivity index is 1.45. The first-order chi connectivity index (χ1) is 17.3. The van der Waals surface area contributed by atoms with Gasteiger partial charge in [-0.1, -0.05) is 49.2 Å². The number of rotatable bonds is 8. The van der Waals surface area contributed by atoms with Gasteiger partial charge in [0, 0.05) is 48.1 Å². The van der Waals surface area contributed by atoms with E-state index in [-0.39, 0.29) is 10.8 Å². The number of hydrogen-bond acceptors (Lipinski definition) is 4. The monoisotopic (exact) mass is 525 g/mol. The number of carbonyl (C=O) groups is 1. The van der Waals surface area contributed by atoms with E-state index in [1.54, 1.807) is 29.2 Å². The largest absolute Gasteiger partial charge is 0.368 e. The second kappa shape index (κ2) is 11.4. The molecule has 190 valence electrons. The van der Waals surface area contributed by atoms with Gasteiger partial charge in [-0.15, -0.1) is 0 Å². The highest BCUT2D eigenvalue weighted by Crippen LogP contribution is 2.24. The maximum absolute atomic E-state index is 13.4. The highest BCUT2D eigenvalue weighted by molar-refractivity contribution is 7.92. The normalized spacial score (nSPS) is 14.1. The quantitative estimate of drug-likeness (QED) is 0.406. The molecule has 0 spiro atoms. The molecule has 8 heteroatoms. The summed E-state index contributed by atoms with van der Waals surface area (Å²) in [6.45, 7) is 6.42. The first-order valence-electron chi connectivity index (χ1n) is 12.3. The van der Waals surface area contributed by atoms with Gasteiger partial charge >= 0.3 is 0 Å². The van der Waals surface area contributed by atoms with Crippen molar-refractivity contribution >= 4 is 38.9 Å². The number of piperazine rings is 1. The van der Waals surface area contributed by atoms with E-state index in [0.717, 1.165) is 30.5 Å². The molecule has 0 aliphatic carbocycles. The number of unbranched alkanes of at least 4 members (excludes halogenated alkanes) is 1. The molecule has 3 aromatic carbocycles. The van der Waals surface area contributed by atoms with E-state index in [1.807, 2.05) is 43.3 Å². The predicted molar refractivity (Wildman–Crippen MR) is 147 cm³/mol. The zero-order chi connectivity index (χ0) is 25.7. The van der Waals surface area contributed by atoms with Crippen molar-refractivity contribution in [2.75, 3.05) is 35.8 Å². The Bertz CT molecular complexity index is 1320. The summed E-state index contributed by atoms with van der Waals surface area (Å²) in [5.74, 6) is -0.157. The number of benzene rings is 3. The first kappa shape index (κ1) is 26.0. The summed E-state index contributed by atoms with van der Waals surface area (Å²) in [5, 5.41) is 0.681. The summed E-state index contributed by atoms with van der Waals surface area (Å²) >= 11 is 6.12. The van der Waals surface area contributed by atoms with Crippen molar-refractivity contribution in [3.8, 4) is 0 Å². The zero-order valence-corrected chi connectivity index (χ0v) is 22.3. The fourth-order valence-electron chi connectivity index (χ4n) is 4.34. The molecule has 0 radical (unpaired) electrons. The lowest BCUT2D eigenvalue weighted by molar-refractivity contribution is 0.0746. The third-order valence-corrected chi connectivity index (χ3v) is 8.13. The fourth-order valence-corrected chi connectivity index (χ4v) is 5.61. The number of hydrogen-bond donors (Lipinski definition) is 1. The molecule has 3 aromatic rings. The van der Waals surface area contributed by atoms with Gasteiger partial charge in [-0.05, 0) is 73.4 Å². The van der Waals surface area contributed by atoms with Crippen LogP contribution >= 0.6 is 11.6 Å². The van der Waals surface area contributed by atoms with E-state index in [1.165, 1.54) is 11.6 Å². The molecular formula is C28H32ClN3O3S. The van der Waals surface area contributed by atoms with Crippen LogP contribution in [-0.2, 0) is 16.4 Å². The Labute approximate surface area is 218 Å². The number of halogens is 1. The maximum atomic E-state index is 13.4. The Kier molecular flexibility index (Phi) is 8.21. The number of aryl methyl sites for hydroxylation is 2. The number of amides is 1. The Hall–Kier alpha value is -3.03. The topological polar surface area (TPSA) is 69.7 Å². The molecule has 0 bridgehead atoms. The first-order valence-corrected chi connectivity index (χ1v) is 14.1. The summed E-state index contributed by atoms with van der Waals surface area (Å²) in [7, 11) is -3.84. The van der Waals surface area contributed by atoms with Crippen LogP contribution in [0.15, 0.2) is 71.6 Å². The Morgan fingerprint density at radius 3 is 2.36 bits per heavy atom. The van der Waals surface area contributed by atoms with Gasteiger partial charge in [0.2, 0.25) is 0 Å². The number of sulfonamides is 1. The van der Waals surface area contributed by atoms with Crippen molar-refractivity contribution in [3.63, 3.8) is 0 Å². The minimum atomic E-state index is -3.84. The number of nitrogens with one attached hydrogen (secondary N) is 1. The molecule has 4 rings (SSSR count). The van der Waals surface area contributed by atoms with Crippen LogP contribution in [0.1, 0.15) is 41.3 Å². The Morgan fingerprint density at radius 2 is 1.69 bits per heavy atom. The van der Waals surface area contributed by atoms with Gasteiger partial charge in [-0.2, -0.15) is 0 Å². The molecule has 0 saturated carbocycles. The van der Waals surface area contributed by atoms with Crippen LogP contribution < -0.4 is 9.62 Å².